The van der Waals surface area contributed by atoms with E-state index in [-0.39, 0.29) is 0 Å². The fourth-order valence-corrected chi connectivity index (χ4v) is 10.1. The second kappa shape index (κ2) is 13.9. The molecule has 0 saturated carbocycles. The number of hydrogen-bond donors (Lipinski definition) is 0. The molecule has 0 unspecified atom stereocenters. The van der Waals surface area contributed by atoms with Crippen molar-refractivity contribution in [3.8, 4) is 20.9 Å². The number of fused-ring (bicyclic) bond motifs is 11. The van der Waals surface area contributed by atoms with Gasteiger partial charge in [-0.25, -0.2) is 0 Å². The summed E-state index contributed by atoms with van der Waals surface area (Å²) in [7, 11) is 0. The molecule has 0 spiro atoms. The Morgan fingerprint density at radius 3 is 1.19 bits per heavy atom. The first-order chi connectivity index (χ1) is 23.7. The zero-order valence-corrected chi connectivity index (χ0v) is 29.9. The van der Waals surface area contributed by atoms with Crippen LogP contribution < -0.4 is 0 Å². The van der Waals surface area contributed by atoms with Crippen molar-refractivity contribution in [2.75, 3.05) is 0 Å². The van der Waals surface area contributed by atoms with Gasteiger partial charge in [-0.05, 0) is 81.6 Å². The van der Waals surface area contributed by atoms with Gasteiger partial charge >= 0.3 is 0 Å². The topological polar surface area (TPSA) is 0 Å². The quantitative estimate of drug-likeness (QED) is 0.0903. The summed E-state index contributed by atoms with van der Waals surface area (Å²) in [4.78, 5) is 2.71. The summed E-state index contributed by atoms with van der Waals surface area (Å²) < 4.78 is 2.81. The number of hydrogen-bond acceptors (Lipinski definition) is 2. The summed E-state index contributed by atoms with van der Waals surface area (Å²) in [5.41, 5.74) is 5.55. The van der Waals surface area contributed by atoms with Gasteiger partial charge in [0.25, 0.3) is 0 Å². The van der Waals surface area contributed by atoms with Crippen LogP contribution in [0.5, 0.6) is 0 Å². The molecule has 6 aromatic carbocycles. The Morgan fingerprint density at radius 2 is 0.792 bits per heavy atom. The van der Waals surface area contributed by atoms with E-state index in [2.05, 4.69) is 123 Å². The SMILES string of the molecule is CCCCCCc1ccc(-c2cc3c4ccccc4c4c5sc(-c6ccc(CCCCCC)cc6)cc5c5ccccc5c4c3s2)cc1. The van der Waals surface area contributed by atoms with E-state index >= 15 is 0 Å². The number of thiophene rings is 2. The molecular weight excluding hydrogens is 617 g/mol. The molecule has 8 rings (SSSR count). The first kappa shape index (κ1) is 31.3. The summed E-state index contributed by atoms with van der Waals surface area (Å²) >= 11 is 3.93. The lowest BCUT2D eigenvalue weighted by molar-refractivity contribution is 0.667. The molecule has 0 atom stereocenters. The van der Waals surface area contributed by atoms with E-state index in [0.717, 1.165) is 0 Å². The van der Waals surface area contributed by atoms with Gasteiger partial charge < -0.3 is 0 Å². The molecule has 2 heterocycles. The molecule has 0 aliphatic carbocycles. The molecule has 0 nitrogen and oxygen atoms in total. The average molecular weight is 661 g/mol. The molecule has 0 saturated heterocycles. The van der Waals surface area contributed by atoms with E-state index in [9.17, 15) is 0 Å². The predicted molar refractivity (Wildman–Crippen MR) is 216 cm³/mol. The van der Waals surface area contributed by atoms with Crippen molar-refractivity contribution in [3.63, 3.8) is 0 Å². The minimum absolute atomic E-state index is 1.18. The highest BCUT2D eigenvalue weighted by atomic mass is 32.1. The van der Waals surface area contributed by atoms with Crippen molar-refractivity contribution in [1.29, 1.82) is 0 Å². The van der Waals surface area contributed by atoms with Crippen LogP contribution in [-0.2, 0) is 12.8 Å². The average Bonchev–Trinajstić information content (AvgIpc) is 3.79. The third-order valence-corrected chi connectivity index (χ3v) is 12.7. The first-order valence-electron chi connectivity index (χ1n) is 18.1. The van der Waals surface area contributed by atoms with Gasteiger partial charge in [-0.15, -0.1) is 22.7 Å². The van der Waals surface area contributed by atoms with Crippen molar-refractivity contribution in [2.45, 2.75) is 78.1 Å². The molecule has 0 aliphatic heterocycles. The molecule has 2 heteroatoms. The lowest BCUT2D eigenvalue weighted by Gasteiger charge is -2.12. The minimum atomic E-state index is 1.18. The van der Waals surface area contributed by atoms with Gasteiger partial charge in [0.1, 0.15) is 0 Å². The zero-order valence-electron chi connectivity index (χ0n) is 28.3. The van der Waals surface area contributed by atoms with E-state index in [1.807, 2.05) is 22.7 Å². The van der Waals surface area contributed by atoms with Crippen LogP contribution in [0, 0.1) is 0 Å². The van der Waals surface area contributed by atoms with Crippen LogP contribution in [0.4, 0.5) is 0 Å². The highest BCUT2D eigenvalue weighted by Crippen LogP contribution is 2.50. The number of benzene rings is 6. The van der Waals surface area contributed by atoms with E-state index in [4.69, 9.17) is 0 Å². The van der Waals surface area contributed by atoms with E-state index < -0.39 is 0 Å². The fraction of sp³-hybridized carbons (Fsp3) is 0.261. The molecule has 0 bridgehead atoms. The minimum Gasteiger partial charge on any atom is -0.135 e. The summed E-state index contributed by atoms with van der Waals surface area (Å²) in [5, 5.41) is 11.0. The predicted octanol–water partition coefficient (Wildman–Crippen LogP) is 15.2. The van der Waals surface area contributed by atoms with Crippen molar-refractivity contribution >= 4 is 75.2 Å². The Labute approximate surface area is 293 Å². The molecule has 0 fully saturated rings. The van der Waals surface area contributed by atoms with Gasteiger partial charge in [-0.1, -0.05) is 149 Å². The second-order valence-corrected chi connectivity index (χ2v) is 15.7. The highest BCUT2D eigenvalue weighted by molar-refractivity contribution is 7.25. The molecule has 0 aliphatic rings. The van der Waals surface area contributed by atoms with Gasteiger partial charge in [0.15, 0.2) is 0 Å². The zero-order chi connectivity index (χ0) is 32.5. The van der Waals surface area contributed by atoms with Crippen molar-refractivity contribution in [3.05, 3.63) is 120 Å². The van der Waals surface area contributed by atoms with Crippen LogP contribution in [0.15, 0.2) is 109 Å². The molecule has 2 aromatic heterocycles. The van der Waals surface area contributed by atoms with Gasteiger partial charge in [0.05, 0.1) is 0 Å². The van der Waals surface area contributed by atoms with Crippen LogP contribution in [0.3, 0.4) is 0 Å². The molecule has 0 radical (unpaired) electrons. The molecule has 240 valence electrons. The van der Waals surface area contributed by atoms with E-state index in [0.29, 0.717) is 0 Å². The Balaban J connectivity index is 1.28. The Bertz CT molecular complexity index is 2180. The maximum atomic E-state index is 2.46. The normalized spacial score (nSPS) is 12.0. The van der Waals surface area contributed by atoms with Gasteiger partial charge in [-0.3, -0.25) is 0 Å². The van der Waals surface area contributed by atoms with Crippen LogP contribution in [0.1, 0.15) is 76.3 Å². The maximum Gasteiger partial charge on any atom is 0.0441 e. The van der Waals surface area contributed by atoms with Crippen molar-refractivity contribution in [1.82, 2.24) is 0 Å². The summed E-state index contributed by atoms with van der Waals surface area (Å²) in [6, 6.07) is 42.0. The summed E-state index contributed by atoms with van der Waals surface area (Å²) in [6.07, 6.45) is 12.8. The van der Waals surface area contributed by atoms with Gasteiger partial charge in [-0.2, -0.15) is 0 Å². The third kappa shape index (κ3) is 5.84. The van der Waals surface area contributed by atoms with Gasteiger partial charge in [0, 0.05) is 40.7 Å². The second-order valence-electron chi connectivity index (χ2n) is 13.6. The smallest absolute Gasteiger partial charge is 0.0441 e. The van der Waals surface area contributed by atoms with Gasteiger partial charge in [0.2, 0.25) is 0 Å². The van der Waals surface area contributed by atoms with Crippen molar-refractivity contribution < 1.29 is 0 Å². The lowest BCUT2D eigenvalue weighted by Crippen LogP contribution is -1.85. The Kier molecular flexibility index (Phi) is 9.04. The fourth-order valence-electron chi connectivity index (χ4n) is 7.63. The van der Waals surface area contributed by atoms with Crippen molar-refractivity contribution in [2.24, 2.45) is 0 Å². The van der Waals surface area contributed by atoms with Crippen LogP contribution in [-0.4, -0.2) is 0 Å². The Morgan fingerprint density at radius 1 is 0.396 bits per heavy atom. The third-order valence-electron chi connectivity index (χ3n) is 10.3. The number of aryl methyl sites for hydroxylation is 2. The van der Waals surface area contributed by atoms with Crippen LogP contribution in [0.2, 0.25) is 0 Å². The molecule has 0 N–H and O–H groups in total. The van der Waals surface area contributed by atoms with E-state index in [1.54, 1.807) is 0 Å². The highest BCUT2D eigenvalue weighted by Gasteiger charge is 2.20. The summed E-state index contributed by atoms with van der Waals surface area (Å²) in [6.45, 7) is 4.57. The number of rotatable bonds is 12. The molecular formula is C46H44S2. The maximum absolute atomic E-state index is 2.46. The van der Waals surface area contributed by atoms with Crippen LogP contribution in [0.25, 0.3) is 73.4 Å². The molecule has 0 amide bonds. The Hall–Kier alpha value is -3.98. The van der Waals surface area contributed by atoms with Crippen LogP contribution >= 0.6 is 22.7 Å². The monoisotopic (exact) mass is 660 g/mol. The largest absolute Gasteiger partial charge is 0.135 e. The first-order valence-corrected chi connectivity index (χ1v) is 19.8. The number of unbranched alkanes of at least 4 members (excludes halogenated alkanes) is 6. The lowest BCUT2D eigenvalue weighted by atomic mass is 9.93. The van der Waals surface area contributed by atoms with E-state index in [1.165, 1.54) is 149 Å². The standard InChI is InChI=1S/C46H44S2/c1-3-5-7-9-15-31-21-25-33(26-22-31)41-29-39-35-17-11-13-19-37(35)44-43(45(39)47-41)38-20-14-12-18-36(38)40-30-42(48-46(40)44)34-27-23-32(24-28-34)16-10-8-6-4-2/h11-14,17-30H,3-10,15-16H2,1-2H3. The molecule has 48 heavy (non-hydrogen) atoms. The molecule has 8 aromatic rings. The summed E-state index contributed by atoms with van der Waals surface area (Å²) in [5.74, 6) is 0.